The van der Waals surface area contributed by atoms with Gasteiger partial charge < -0.3 is 10.6 Å². The van der Waals surface area contributed by atoms with Crippen LogP contribution in [0.4, 0.5) is 5.69 Å². The Morgan fingerprint density at radius 3 is 2.30 bits per heavy atom. The fourth-order valence-corrected chi connectivity index (χ4v) is 2.94. The molecule has 1 rings (SSSR count). The summed E-state index contributed by atoms with van der Waals surface area (Å²) in [6, 6.07) is 8.56. The molecule has 3 atom stereocenters. The summed E-state index contributed by atoms with van der Waals surface area (Å²) in [5.41, 5.74) is 2.37. The molecule has 0 aliphatic heterocycles. The zero-order valence-corrected chi connectivity index (χ0v) is 15.5. The van der Waals surface area contributed by atoms with Gasteiger partial charge in [-0.3, -0.25) is 4.79 Å². The van der Waals surface area contributed by atoms with E-state index in [0.717, 1.165) is 37.8 Å². The zero-order chi connectivity index (χ0) is 17.2. The molecule has 130 valence electrons. The molecule has 0 aliphatic rings. The summed E-state index contributed by atoms with van der Waals surface area (Å²) in [6.45, 7) is 8.64. The van der Waals surface area contributed by atoms with Gasteiger partial charge in [-0.25, -0.2) is 0 Å². The number of benzene rings is 1. The second-order valence-electron chi connectivity index (χ2n) is 6.69. The molecule has 1 aromatic rings. The lowest BCUT2D eigenvalue weighted by molar-refractivity contribution is -0.127. The van der Waals surface area contributed by atoms with Crippen LogP contribution in [0.1, 0.15) is 58.9 Å². The highest BCUT2D eigenvalue weighted by Crippen LogP contribution is 2.22. The summed E-state index contributed by atoms with van der Waals surface area (Å²) in [7, 11) is 1.92. The fourth-order valence-electron chi connectivity index (χ4n) is 2.94. The maximum Gasteiger partial charge on any atom is 0.223 e. The van der Waals surface area contributed by atoms with Crippen LogP contribution in [-0.4, -0.2) is 19.0 Å². The van der Waals surface area contributed by atoms with Gasteiger partial charge in [-0.1, -0.05) is 52.2 Å². The van der Waals surface area contributed by atoms with Gasteiger partial charge in [-0.05, 0) is 43.4 Å². The van der Waals surface area contributed by atoms with Gasteiger partial charge >= 0.3 is 0 Å². The number of rotatable bonds is 10. The molecular weight excluding hydrogens is 284 g/mol. The van der Waals surface area contributed by atoms with E-state index in [1.54, 1.807) is 0 Å². The number of anilines is 1. The molecular formula is C20H34N2O. The van der Waals surface area contributed by atoms with Gasteiger partial charge in [0.2, 0.25) is 5.91 Å². The van der Waals surface area contributed by atoms with Gasteiger partial charge in [0.15, 0.2) is 0 Å². The largest absolute Gasteiger partial charge is 0.388 e. The summed E-state index contributed by atoms with van der Waals surface area (Å²) in [5.74, 6) is 0.824. The first-order chi connectivity index (χ1) is 11.0. The Labute approximate surface area is 142 Å². The van der Waals surface area contributed by atoms with Crippen molar-refractivity contribution in [3.05, 3.63) is 29.8 Å². The number of hydrogen-bond acceptors (Lipinski definition) is 2. The summed E-state index contributed by atoms with van der Waals surface area (Å²) >= 11 is 0. The van der Waals surface area contributed by atoms with E-state index in [0.29, 0.717) is 5.92 Å². The first-order valence-corrected chi connectivity index (χ1v) is 9.08. The SMILES string of the molecule is CCCCC(C(=O)NC(C)Cc1ccc(NC)cc1)C(C)CC. The van der Waals surface area contributed by atoms with Crippen molar-refractivity contribution < 1.29 is 4.79 Å². The molecule has 0 saturated heterocycles. The molecule has 0 fully saturated rings. The van der Waals surface area contributed by atoms with E-state index in [-0.39, 0.29) is 17.9 Å². The number of carbonyl (C=O) groups is 1. The van der Waals surface area contributed by atoms with Gasteiger partial charge in [0.05, 0.1) is 0 Å². The van der Waals surface area contributed by atoms with E-state index in [2.05, 4.69) is 62.6 Å². The molecule has 1 amide bonds. The lowest BCUT2D eigenvalue weighted by Crippen LogP contribution is -2.40. The zero-order valence-electron chi connectivity index (χ0n) is 15.5. The summed E-state index contributed by atoms with van der Waals surface area (Å²) in [6.07, 6.45) is 5.20. The molecule has 0 bridgehead atoms. The number of carbonyl (C=O) groups excluding carboxylic acids is 1. The third kappa shape index (κ3) is 6.64. The van der Waals surface area contributed by atoms with Crippen molar-refractivity contribution in [2.45, 2.75) is 65.8 Å². The predicted octanol–water partition coefficient (Wildman–Crippen LogP) is 4.63. The molecule has 1 aromatic carbocycles. The Kier molecular flexibility index (Phi) is 8.75. The molecule has 0 saturated carbocycles. The first kappa shape index (κ1) is 19.5. The summed E-state index contributed by atoms with van der Waals surface area (Å²) in [4.78, 5) is 12.6. The summed E-state index contributed by atoms with van der Waals surface area (Å²) in [5, 5.41) is 6.35. The average Bonchev–Trinajstić information content (AvgIpc) is 2.55. The minimum atomic E-state index is 0.147. The second kappa shape index (κ2) is 10.3. The average molecular weight is 319 g/mol. The topological polar surface area (TPSA) is 41.1 Å². The smallest absolute Gasteiger partial charge is 0.223 e. The van der Waals surface area contributed by atoms with E-state index >= 15 is 0 Å². The minimum Gasteiger partial charge on any atom is -0.388 e. The molecule has 3 heteroatoms. The van der Waals surface area contributed by atoms with Crippen molar-refractivity contribution in [3.63, 3.8) is 0 Å². The van der Waals surface area contributed by atoms with Crippen LogP contribution in [0.15, 0.2) is 24.3 Å². The Morgan fingerprint density at radius 1 is 1.13 bits per heavy atom. The van der Waals surface area contributed by atoms with Crippen molar-refractivity contribution in [2.75, 3.05) is 12.4 Å². The van der Waals surface area contributed by atoms with E-state index in [9.17, 15) is 4.79 Å². The highest BCUT2D eigenvalue weighted by atomic mass is 16.1. The third-order valence-electron chi connectivity index (χ3n) is 4.71. The quantitative estimate of drug-likeness (QED) is 0.660. The normalized spacial score (nSPS) is 14.8. The maximum absolute atomic E-state index is 12.6. The van der Waals surface area contributed by atoms with Crippen LogP contribution in [0.3, 0.4) is 0 Å². The van der Waals surface area contributed by atoms with Crippen molar-refractivity contribution >= 4 is 11.6 Å². The molecule has 23 heavy (non-hydrogen) atoms. The van der Waals surface area contributed by atoms with Crippen molar-refractivity contribution in [3.8, 4) is 0 Å². The van der Waals surface area contributed by atoms with Gasteiger partial charge in [-0.2, -0.15) is 0 Å². The van der Waals surface area contributed by atoms with Crippen molar-refractivity contribution in [1.82, 2.24) is 5.32 Å². The predicted molar refractivity (Wildman–Crippen MR) is 99.8 cm³/mol. The van der Waals surface area contributed by atoms with Crippen LogP contribution in [0.25, 0.3) is 0 Å². The fraction of sp³-hybridized carbons (Fsp3) is 0.650. The summed E-state index contributed by atoms with van der Waals surface area (Å²) < 4.78 is 0. The molecule has 0 aromatic heterocycles. The Morgan fingerprint density at radius 2 is 1.78 bits per heavy atom. The molecule has 0 radical (unpaired) electrons. The number of unbranched alkanes of at least 4 members (excludes halogenated alkanes) is 1. The first-order valence-electron chi connectivity index (χ1n) is 9.08. The minimum absolute atomic E-state index is 0.147. The van der Waals surface area contributed by atoms with Crippen molar-refractivity contribution in [2.24, 2.45) is 11.8 Å². The third-order valence-corrected chi connectivity index (χ3v) is 4.71. The highest BCUT2D eigenvalue weighted by Gasteiger charge is 2.24. The molecule has 3 nitrogen and oxygen atoms in total. The highest BCUT2D eigenvalue weighted by molar-refractivity contribution is 5.79. The van der Waals surface area contributed by atoms with E-state index in [1.807, 2.05) is 7.05 Å². The van der Waals surface area contributed by atoms with E-state index in [4.69, 9.17) is 0 Å². The lowest BCUT2D eigenvalue weighted by atomic mass is 9.86. The molecule has 2 N–H and O–H groups in total. The monoisotopic (exact) mass is 318 g/mol. The van der Waals surface area contributed by atoms with Crippen LogP contribution < -0.4 is 10.6 Å². The molecule has 0 spiro atoms. The van der Waals surface area contributed by atoms with Gasteiger partial charge in [0.1, 0.15) is 0 Å². The van der Waals surface area contributed by atoms with E-state index < -0.39 is 0 Å². The van der Waals surface area contributed by atoms with Crippen LogP contribution in [0, 0.1) is 11.8 Å². The molecule has 0 aliphatic carbocycles. The van der Waals surface area contributed by atoms with Gasteiger partial charge in [0.25, 0.3) is 0 Å². The van der Waals surface area contributed by atoms with Crippen LogP contribution in [0.5, 0.6) is 0 Å². The lowest BCUT2D eigenvalue weighted by Gasteiger charge is -2.24. The molecule has 0 heterocycles. The van der Waals surface area contributed by atoms with Crippen LogP contribution in [-0.2, 0) is 11.2 Å². The molecule has 3 unspecified atom stereocenters. The number of nitrogens with one attached hydrogen (secondary N) is 2. The standard InChI is InChI=1S/C20H34N2O/c1-6-8-9-19(15(3)7-2)20(23)22-16(4)14-17-10-12-18(21-5)13-11-17/h10-13,15-16,19,21H,6-9,14H2,1-5H3,(H,22,23). The Hall–Kier alpha value is -1.51. The van der Waals surface area contributed by atoms with E-state index in [1.165, 1.54) is 5.56 Å². The Bertz CT molecular complexity index is 455. The van der Waals surface area contributed by atoms with Crippen LogP contribution in [0.2, 0.25) is 0 Å². The second-order valence-corrected chi connectivity index (χ2v) is 6.69. The van der Waals surface area contributed by atoms with Gasteiger partial charge in [-0.15, -0.1) is 0 Å². The van der Waals surface area contributed by atoms with Gasteiger partial charge in [0, 0.05) is 24.7 Å². The maximum atomic E-state index is 12.6. The number of amides is 1. The van der Waals surface area contributed by atoms with Crippen molar-refractivity contribution in [1.29, 1.82) is 0 Å². The number of hydrogen-bond donors (Lipinski definition) is 2. The Balaban J connectivity index is 2.58. The van der Waals surface area contributed by atoms with Crippen LogP contribution >= 0.6 is 0 Å².